The molecule has 0 spiro atoms. The Balaban J connectivity index is 1.76. The van der Waals surface area contributed by atoms with Gasteiger partial charge in [0.1, 0.15) is 22.8 Å². The van der Waals surface area contributed by atoms with Gasteiger partial charge in [0, 0.05) is 21.9 Å². The third-order valence-electron chi connectivity index (χ3n) is 6.07. The normalized spacial score (nSPS) is 15.2. The van der Waals surface area contributed by atoms with Gasteiger partial charge in [0.15, 0.2) is 0 Å². The van der Waals surface area contributed by atoms with Crippen molar-refractivity contribution in [2.24, 2.45) is 0 Å². The van der Waals surface area contributed by atoms with Crippen molar-refractivity contribution in [1.82, 2.24) is 0 Å². The summed E-state index contributed by atoms with van der Waals surface area (Å²) in [4.78, 5) is 27.2. The first-order chi connectivity index (χ1) is 16.0. The van der Waals surface area contributed by atoms with E-state index in [2.05, 4.69) is 0 Å². The van der Waals surface area contributed by atoms with Crippen LogP contribution in [-0.2, 0) is 4.79 Å². The molecular weight excluding hydrogens is 436 g/mol. The zero-order valence-corrected chi connectivity index (χ0v) is 19.3. The molecule has 5 nitrogen and oxygen atoms in total. The molecule has 0 saturated heterocycles. The summed E-state index contributed by atoms with van der Waals surface area (Å²) in [6, 6.07) is 18.9. The van der Waals surface area contributed by atoms with E-state index in [1.807, 2.05) is 54.8 Å². The second-order valence-corrected chi connectivity index (χ2v) is 8.80. The molecule has 3 aromatic carbocycles. The molecule has 0 unspecified atom stereocenters. The summed E-state index contributed by atoms with van der Waals surface area (Å²) in [5.74, 6) is 0.959. The molecule has 0 amide bonds. The third-order valence-corrected chi connectivity index (χ3v) is 6.82. The summed E-state index contributed by atoms with van der Waals surface area (Å²) in [7, 11) is 1.58. The van der Waals surface area contributed by atoms with Gasteiger partial charge in [-0.1, -0.05) is 30.3 Å². The molecular formula is C27H22O5S. The van der Waals surface area contributed by atoms with Gasteiger partial charge in [-0.2, -0.15) is 0 Å². The van der Waals surface area contributed by atoms with Crippen LogP contribution in [0.2, 0.25) is 0 Å². The lowest BCUT2D eigenvalue weighted by molar-refractivity contribution is -0.135. The smallest absolute Gasteiger partial charge is 0.312 e. The van der Waals surface area contributed by atoms with E-state index in [-0.39, 0.29) is 23.7 Å². The SMILES string of the molecule is COc1ccccc1-c1c(C)oc2c3c(ccc2c1=O)OC(=O)C[C@H]3c1ccc(SC)cc1. The lowest BCUT2D eigenvalue weighted by atomic mass is 9.85. The number of carbonyl (C=O) groups is 1. The van der Waals surface area contributed by atoms with Crippen molar-refractivity contribution >= 4 is 28.7 Å². The third kappa shape index (κ3) is 3.60. The van der Waals surface area contributed by atoms with Crippen LogP contribution in [0.25, 0.3) is 22.1 Å². The van der Waals surface area contributed by atoms with Crippen LogP contribution < -0.4 is 14.9 Å². The lowest BCUT2D eigenvalue weighted by Crippen LogP contribution is -2.22. The topological polar surface area (TPSA) is 65.7 Å². The van der Waals surface area contributed by atoms with E-state index in [0.29, 0.717) is 39.4 Å². The molecule has 0 saturated carbocycles. The Labute approximate surface area is 195 Å². The summed E-state index contributed by atoms with van der Waals surface area (Å²) >= 11 is 1.66. The van der Waals surface area contributed by atoms with Gasteiger partial charge in [0.25, 0.3) is 0 Å². The first kappa shape index (κ1) is 21.3. The predicted octanol–water partition coefficient (Wildman–Crippen LogP) is 5.94. The van der Waals surface area contributed by atoms with Crippen LogP contribution in [0.5, 0.6) is 11.5 Å². The fourth-order valence-corrected chi connectivity index (χ4v) is 4.91. The van der Waals surface area contributed by atoms with Crippen molar-refractivity contribution in [3.05, 3.63) is 87.8 Å². The highest BCUT2D eigenvalue weighted by molar-refractivity contribution is 7.98. The molecule has 1 aliphatic rings. The molecule has 0 aliphatic carbocycles. The van der Waals surface area contributed by atoms with Crippen LogP contribution in [0.15, 0.2) is 74.8 Å². The second kappa shape index (κ2) is 8.45. The van der Waals surface area contributed by atoms with Gasteiger partial charge < -0.3 is 13.9 Å². The van der Waals surface area contributed by atoms with Gasteiger partial charge in [0.05, 0.1) is 24.5 Å². The minimum absolute atomic E-state index is 0.144. The predicted molar refractivity (Wildman–Crippen MR) is 130 cm³/mol. The first-order valence-corrected chi connectivity index (χ1v) is 11.8. The molecule has 4 aromatic rings. The lowest BCUT2D eigenvalue weighted by Gasteiger charge is -2.26. The van der Waals surface area contributed by atoms with Crippen LogP contribution in [0, 0.1) is 6.92 Å². The summed E-state index contributed by atoms with van der Waals surface area (Å²) in [5.41, 5.74) is 3.17. The van der Waals surface area contributed by atoms with Gasteiger partial charge >= 0.3 is 5.97 Å². The second-order valence-electron chi connectivity index (χ2n) is 7.92. The molecule has 2 heterocycles. The number of esters is 1. The minimum Gasteiger partial charge on any atom is -0.496 e. The van der Waals surface area contributed by atoms with Crippen molar-refractivity contribution in [3.8, 4) is 22.6 Å². The highest BCUT2D eigenvalue weighted by Crippen LogP contribution is 2.44. The fourth-order valence-electron chi connectivity index (χ4n) is 4.50. The molecule has 0 radical (unpaired) electrons. The summed E-state index contributed by atoms with van der Waals surface area (Å²) in [5, 5.41) is 0.448. The number of ether oxygens (including phenoxy) is 2. The molecule has 1 atom stereocenters. The number of rotatable bonds is 4. The van der Waals surface area contributed by atoms with E-state index in [0.717, 1.165) is 16.0 Å². The average Bonchev–Trinajstić information content (AvgIpc) is 2.83. The maximum absolute atomic E-state index is 13.7. The van der Waals surface area contributed by atoms with E-state index >= 15 is 0 Å². The first-order valence-electron chi connectivity index (χ1n) is 10.6. The number of fused-ring (bicyclic) bond motifs is 3. The monoisotopic (exact) mass is 458 g/mol. The summed E-state index contributed by atoms with van der Waals surface area (Å²) < 4.78 is 17.3. The molecule has 33 heavy (non-hydrogen) atoms. The summed E-state index contributed by atoms with van der Waals surface area (Å²) in [6.45, 7) is 1.78. The molecule has 1 aromatic heterocycles. The number of aryl methyl sites for hydroxylation is 1. The van der Waals surface area contributed by atoms with E-state index in [1.54, 1.807) is 37.9 Å². The van der Waals surface area contributed by atoms with E-state index in [9.17, 15) is 9.59 Å². The Hall–Kier alpha value is -3.51. The van der Waals surface area contributed by atoms with Gasteiger partial charge in [-0.25, -0.2) is 0 Å². The Bertz CT molecular complexity index is 1440. The molecule has 0 bridgehead atoms. The van der Waals surface area contributed by atoms with Crippen molar-refractivity contribution in [2.75, 3.05) is 13.4 Å². The highest BCUT2D eigenvalue weighted by Gasteiger charge is 2.32. The maximum Gasteiger partial charge on any atom is 0.312 e. The highest BCUT2D eigenvalue weighted by atomic mass is 32.2. The quantitative estimate of drug-likeness (QED) is 0.214. The van der Waals surface area contributed by atoms with Crippen LogP contribution >= 0.6 is 11.8 Å². The standard InChI is InChI=1S/C27H22O5S/c1-15-24(18-6-4-5-7-21(18)30-2)26(29)19-12-13-22-25(27(19)31-15)20(14-23(28)32-22)16-8-10-17(33-3)11-9-16/h4-13,20H,14H2,1-3H3/t20-/m0/s1. The van der Waals surface area contributed by atoms with E-state index < -0.39 is 0 Å². The van der Waals surface area contributed by atoms with Crippen LogP contribution in [-0.4, -0.2) is 19.3 Å². The molecule has 6 heteroatoms. The minimum atomic E-state index is -0.300. The number of para-hydroxylation sites is 1. The largest absolute Gasteiger partial charge is 0.496 e. The number of carbonyl (C=O) groups excluding carboxylic acids is 1. The van der Waals surface area contributed by atoms with Crippen molar-refractivity contribution in [2.45, 2.75) is 24.2 Å². The Morgan fingerprint density at radius 3 is 2.48 bits per heavy atom. The molecule has 1 aliphatic heterocycles. The Kier molecular flexibility index (Phi) is 5.46. The van der Waals surface area contributed by atoms with Crippen LogP contribution in [0.1, 0.15) is 29.2 Å². The molecule has 166 valence electrons. The Morgan fingerprint density at radius 2 is 1.76 bits per heavy atom. The Morgan fingerprint density at radius 1 is 1.00 bits per heavy atom. The number of hydrogen-bond donors (Lipinski definition) is 0. The molecule has 0 N–H and O–H groups in total. The maximum atomic E-state index is 13.7. The van der Waals surface area contributed by atoms with Crippen molar-refractivity contribution < 1.29 is 18.7 Å². The zero-order valence-electron chi connectivity index (χ0n) is 18.5. The van der Waals surface area contributed by atoms with Gasteiger partial charge in [-0.05, 0) is 49.1 Å². The van der Waals surface area contributed by atoms with Gasteiger partial charge in [-0.15, -0.1) is 11.8 Å². The number of thioether (sulfide) groups is 1. The number of hydrogen-bond acceptors (Lipinski definition) is 6. The zero-order chi connectivity index (χ0) is 23.1. The molecule has 5 rings (SSSR count). The van der Waals surface area contributed by atoms with E-state index in [4.69, 9.17) is 13.9 Å². The fraction of sp³-hybridized carbons (Fsp3) is 0.185. The van der Waals surface area contributed by atoms with Crippen LogP contribution in [0.4, 0.5) is 0 Å². The van der Waals surface area contributed by atoms with Crippen LogP contribution in [0.3, 0.4) is 0 Å². The molecule has 0 fully saturated rings. The number of methoxy groups -OCH3 is 1. The average molecular weight is 459 g/mol. The van der Waals surface area contributed by atoms with E-state index in [1.165, 1.54) is 0 Å². The van der Waals surface area contributed by atoms with Gasteiger partial charge in [0.2, 0.25) is 5.43 Å². The summed E-state index contributed by atoms with van der Waals surface area (Å²) in [6.07, 6.45) is 2.20. The van der Waals surface area contributed by atoms with Crippen molar-refractivity contribution in [1.29, 1.82) is 0 Å². The van der Waals surface area contributed by atoms with Crippen molar-refractivity contribution in [3.63, 3.8) is 0 Å². The number of benzene rings is 3. The van der Waals surface area contributed by atoms with Gasteiger partial charge in [-0.3, -0.25) is 9.59 Å².